The first-order valence-electron chi connectivity index (χ1n) is 4.40. The first-order valence-corrected chi connectivity index (χ1v) is 4.40. The molecule has 0 radical (unpaired) electrons. The zero-order valence-electron chi connectivity index (χ0n) is 8.17. The van der Waals surface area contributed by atoms with Gasteiger partial charge in [-0.15, -0.1) is 0 Å². The van der Waals surface area contributed by atoms with Crippen LogP contribution in [0.15, 0.2) is 12.4 Å². The molecule has 1 heterocycles. The predicted molar refractivity (Wildman–Crippen MR) is 52.2 cm³/mol. The second-order valence-electron chi connectivity index (χ2n) is 2.67. The summed E-state index contributed by atoms with van der Waals surface area (Å²) in [5.74, 6) is 0.528. The van der Waals surface area contributed by atoms with E-state index in [9.17, 15) is 10.1 Å². The van der Waals surface area contributed by atoms with Gasteiger partial charge in [-0.2, -0.15) is 0 Å². The molecule has 1 aromatic heterocycles. The maximum Gasteiger partial charge on any atom is 0.305 e. The molecule has 0 aromatic carbocycles. The molecule has 0 atom stereocenters. The number of nitrogens with zero attached hydrogens (tertiary/aromatic N) is 4. The lowest BCUT2D eigenvalue weighted by Crippen LogP contribution is -2.23. The smallest absolute Gasteiger partial charge is 0.305 e. The Morgan fingerprint density at radius 2 is 1.86 bits per heavy atom. The van der Waals surface area contributed by atoms with Crippen LogP contribution in [0.5, 0.6) is 0 Å². The number of hydrogen-bond acceptors (Lipinski definition) is 5. The highest BCUT2D eigenvalue weighted by Crippen LogP contribution is 2.11. The van der Waals surface area contributed by atoms with Crippen LogP contribution in [0, 0.1) is 10.1 Å². The average Bonchev–Trinajstić information content (AvgIpc) is 2.20. The van der Waals surface area contributed by atoms with Gasteiger partial charge in [0.2, 0.25) is 5.95 Å². The summed E-state index contributed by atoms with van der Waals surface area (Å²) < 4.78 is 0. The lowest BCUT2D eigenvalue weighted by atomic mass is 10.5. The largest absolute Gasteiger partial charge is 0.341 e. The second kappa shape index (κ2) is 4.50. The quantitative estimate of drug-likeness (QED) is 0.535. The maximum atomic E-state index is 10.3. The van der Waals surface area contributed by atoms with Crippen LogP contribution < -0.4 is 4.90 Å². The summed E-state index contributed by atoms with van der Waals surface area (Å²) in [6.07, 6.45) is 2.45. The van der Waals surface area contributed by atoms with Crippen LogP contribution in [-0.2, 0) is 0 Å². The molecule has 0 aliphatic heterocycles. The highest BCUT2D eigenvalue weighted by molar-refractivity contribution is 5.33. The fraction of sp³-hybridized carbons (Fsp3) is 0.500. The van der Waals surface area contributed by atoms with Crippen LogP contribution in [0.1, 0.15) is 13.8 Å². The topological polar surface area (TPSA) is 72.2 Å². The van der Waals surface area contributed by atoms with Crippen molar-refractivity contribution in [3.8, 4) is 0 Å². The van der Waals surface area contributed by atoms with E-state index < -0.39 is 4.92 Å². The van der Waals surface area contributed by atoms with Crippen molar-refractivity contribution >= 4 is 11.6 Å². The Balaban J connectivity index is 2.87. The monoisotopic (exact) mass is 196 g/mol. The summed E-state index contributed by atoms with van der Waals surface area (Å²) >= 11 is 0. The van der Waals surface area contributed by atoms with Crippen molar-refractivity contribution in [2.45, 2.75) is 13.8 Å². The van der Waals surface area contributed by atoms with Gasteiger partial charge in [0.15, 0.2) is 0 Å². The van der Waals surface area contributed by atoms with E-state index in [1.165, 1.54) is 12.4 Å². The summed E-state index contributed by atoms with van der Waals surface area (Å²) in [4.78, 5) is 19.6. The van der Waals surface area contributed by atoms with Gasteiger partial charge in [0.05, 0.1) is 4.92 Å². The Morgan fingerprint density at radius 1 is 1.36 bits per heavy atom. The normalized spacial score (nSPS) is 9.86. The van der Waals surface area contributed by atoms with Gasteiger partial charge in [0.25, 0.3) is 0 Å². The molecule has 0 N–H and O–H groups in total. The summed E-state index contributed by atoms with van der Waals surface area (Å²) in [5.41, 5.74) is -0.0825. The van der Waals surface area contributed by atoms with E-state index >= 15 is 0 Å². The molecule has 1 aromatic rings. The number of aromatic nitrogens is 2. The molecule has 76 valence electrons. The molecule has 14 heavy (non-hydrogen) atoms. The molecule has 0 fully saturated rings. The van der Waals surface area contributed by atoms with E-state index in [1.54, 1.807) is 0 Å². The van der Waals surface area contributed by atoms with Crippen molar-refractivity contribution in [2.75, 3.05) is 18.0 Å². The van der Waals surface area contributed by atoms with Gasteiger partial charge in [-0.25, -0.2) is 9.97 Å². The molecule has 0 saturated heterocycles. The van der Waals surface area contributed by atoms with Crippen molar-refractivity contribution in [3.05, 3.63) is 22.5 Å². The molecule has 0 aliphatic carbocycles. The van der Waals surface area contributed by atoms with E-state index in [1.807, 2.05) is 18.7 Å². The Labute approximate surface area is 81.7 Å². The number of rotatable bonds is 4. The van der Waals surface area contributed by atoms with Crippen molar-refractivity contribution in [1.29, 1.82) is 0 Å². The van der Waals surface area contributed by atoms with Gasteiger partial charge in [-0.3, -0.25) is 10.1 Å². The maximum absolute atomic E-state index is 10.3. The summed E-state index contributed by atoms with van der Waals surface area (Å²) in [5, 5.41) is 10.3. The third kappa shape index (κ3) is 2.15. The molecule has 0 amide bonds. The Hall–Kier alpha value is -1.72. The minimum absolute atomic E-state index is 0.0825. The van der Waals surface area contributed by atoms with E-state index in [4.69, 9.17) is 0 Å². The van der Waals surface area contributed by atoms with Crippen molar-refractivity contribution in [1.82, 2.24) is 9.97 Å². The number of anilines is 1. The fourth-order valence-corrected chi connectivity index (χ4v) is 1.08. The minimum atomic E-state index is -0.508. The minimum Gasteiger partial charge on any atom is -0.341 e. The second-order valence-corrected chi connectivity index (χ2v) is 2.67. The van der Waals surface area contributed by atoms with Crippen molar-refractivity contribution in [2.24, 2.45) is 0 Å². The number of hydrogen-bond donors (Lipinski definition) is 0. The van der Waals surface area contributed by atoms with E-state index in [2.05, 4.69) is 9.97 Å². The number of nitro groups is 1. The van der Waals surface area contributed by atoms with Gasteiger partial charge in [0.1, 0.15) is 12.4 Å². The standard InChI is InChI=1S/C8H12N4O2/c1-3-11(4-2)8-9-5-7(6-10-8)12(13)14/h5-6H,3-4H2,1-2H3. The summed E-state index contributed by atoms with van der Waals surface area (Å²) in [6, 6.07) is 0. The zero-order valence-corrected chi connectivity index (χ0v) is 8.17. The van der Waals surface area contributed by atoms with Crippen LogP contribution >= 0.6 is 0 Å². The molecule has 0 saturated carbocycles. The van der Waals surface area contributed by atoms with E-state index in [-0.39, 0.29) is 5.69 Å². The van der Waals surface area contributed by atoms with Crippen molar-refractivity contribution < 1.29 is 4.92 Å². The lowest BCUT2D eigenvalue weighted by Gasteiger charge is -2.17. The van der Waals surface area contributed by atoms with E-state index in [0.717, 1.165) is 13.1 Å². The lowest BCUT2D eigenvalue weighted by molar-refractivity contribution is -0.385. The summed E-state index contributed by atoms with van der Waals surface area (Å²) in [6.45, 7) is 5.53. The highest BCUT2D eigenvalue weighted by Gasteiger charge is 2.09. The molecule has 0 bridgehead atoms. The first-order chi connectivity index (χ1) is 6.69. The van der Waals surface area contributed by atoms with Crippen LogP contribution in [0.25, 0.3) is 0 Å². The zero-order chi connectivity index (χ0) is 10.6. The SMILES string of the molecule is CCN(CC)c1ncc([N+](=O)[O-])cn1. The molecule has 6 nitrogen and oxygen atoms in total. The van der Waals surface area contributed by atoms with E-state index in [0.29, 0.717) is 5.95 Å². The Morgan fingerprint density at radius 3 is 2.21 bits per heavy atom. The molecular formula is C8H12N4O2. The highest BCUT2D eigenvalue weighted by atomic mass is 16.6. The molecule has 6 heteroatoms. The van der Waals surface area contributed by atoms with Gasteiger partial charge in [0, 0.05) is 13.1 Å². The third-order valence-corrected chi connectivity index (χ3v) is 1.88. The van der Waals surface area contributed by atoms with Crippen molar-refractivity contribution in [3.63, 3.8) is 0 Å². The van der Waals surface area contributed by atoms with Gasteiger partial charge >= 0.3 is 5.69 Å². The molecule has 0 spiro atoms. The van der Waals surface area contributed by atoms with Crippen LogP contribution in [0.2, 0.25) is 0 Å². The first kappa shape index (κ1) is 10.4. The van der Waals surface area contributed by atoms with Gasteiger partial charge < -0.3 is 4.90 Å². The van der Waals surface area contributed by atoms with Gasteiger partial charge in [-0.05, 0) is 13.8 Å². The van der Waals surface area contributed by atoms with Crippen LogP contribution in [0.3, 0.4) is 0 Å². The molecular weight excluding hydrogens is 184 g/mol. The Bertz CT molecular complexity index is 308. The third-order valence-electron chi connectivity index (χ3n) is 1.88. The Kier molecular flexibility index (Phi) is 3.33. The average molecular weight is 196 g/mol. The molecule has 1 rings (SSSR count). The predicted octanol–water partition coefficient (Wildman–Crippen LogP) is 1.23. The van der Waals surface area contributed by atoms with Crippen LogP contribution in [0.4, 0.5) is 11.6 Å². The molecule has 0 aliphatic rings. The van der Waals surface area contributed by atoms with Gasteiger partial charge in [-0.1, -0.05) is 0 Å². The fourth-order valence-electron chi connectivity index (χ4n) is 1.08. The van der Waals surface area contributed by atoms with Crippen LogP contribution in [-0.4, -0.2) is 28.0 Å². The molecule has 0 unspecified atom stereocenters. The summed E-state index contributed by atoms with van der Waals surface area (Å²) in [7, 11) is 0.